The second-order valence-corrected chi connectivity index (χ2v) is 19.3. The van der Waals surface area contributed by atoms with E-state index in [9.17, 15) is 29.1 Å². The Kier molecular flexibility index (Phi) is 16.3. The molecule has 0 unspecified atom stereocenters. The molecule has 0 aromatic heterocycles. The molecule has 2 N–H and O–H groups in total. The molecule has 2 heterocycles. The van der Waals surface area contributed by atoms with Gasteiger partial charge in [-0.25, -0.2) is 0 Å². The van der Waals surface area contributed by atoms with Gasteiger partial charge in [0.25, 0.3) is 8.32 Å². The van der Waals surface area contributed by atoms with E-state index in [1.54, 1.807) is 0 Å². The monoisotopic (exact) mass is 829 g/mol. The van der Waals surface area contributed by atoms with Crippen molar-refractivity contribution in [1.29, 1.82) is 0 Å². The molecule has 2 aromatic rings. The summed E-state index contributed by atoms with van der Waals surface area (Å²) in [6.45, 7) is 15.0. The molecule has 2 fully saturated rings. The van der Waals surface area contributed by atoms with Crippen molar-refractivity contribution >= 4 is 48.5 Å². The van der Waals surface area contributed by atoms with E-state index in [4.69, 9.17) is 42.3 Å². The van der Waals surface area contributed by atoms with Gasteiger partial charge in [0.2, 0.25) is 5.91 Å². The molecular formula is C41H55NO15Si. The molecule has 0 saturated carbocycles. The highest BCUT2D eigenvalue weighted by atomic mass is 28.4. The van der Waals surface area contributed by atoms with E-state index in [-0.39, 0.29) is 13.2 Å². The van der Waals surface area contributed by atoms with Crippen LogP contribution < -0.4 is 15.7 Å². The van der Waals surface area contributed by atoms with Crippen molar-refractivity contribution in [3.63, 3.8) is 0 Å². The fraction of sp³-hybridized carbons (Fsp3) is 0.537. The van der Waals surface area contributed by atoms with Crippen LogP contribution in [0.25, 0.3) is 0 Å². The maximum atomic E-state index is 12.7. The van der Waals surface area contributed by atoms with Crippen molar-refractivity contribution in [3.05, 3.63) is 73.3 Å². The molecule has 16 nitrogen and oxygen atoms in total. The average Bonchev–Trinajstić information content (AvgIpc) is 3.14. The lowest BCUT2D eigenvalue weighted by atomic mass is 9.95. The van der Waals surface area contributed by atoms with Crippen LogP contribution in [0.2, 0.25) is 5.04 Å². The minimum Gasteiger partial charge on any atom is -0.463 e. The summed E-state index contributed by atoms with van der Waals surface area (Å²) < 4.78 is 54.2. The van der Waals surface area contributed by atoms with Gasteiger partial charge in [-0.3, -0.25) is 24.0 Å². The quantitative estimate of drug-likeness (QED) is 0.107. The van der Waals surface area contributed by atoms with Gasteiger partial charge in [-0.2, -0.15) is 0 Å². The topological polar surface area (TPSA) is 201 Å². The molecule has 17 heteroatoms. The number of nitrogens with one attached hydrogen (secondary N) is 1. The van der Waals surface area contributed by atoms with Crippen LogP contribution in [0.5, 0.6) is 0 Å². The zero-order valence-corrected chi connectivity index (χ0v) is 35.1. The molecule has 10 atom stereocenters. The van der Waals surface area contributed by atoms with Crippen LogP contribution in [0.3, 0.4) is 0 Å². The van der Waals surface area contributed by atoms with Crippen molar-refractivity contribution < 1.29 is 71.4 Å². The number of carbonyl (C=O) groups is 5. The van der Waals surface area contributed by atoms with Crippen molar-refractivity contribution in [3.8, 4) is 0 Å². The second kappa shape index (κ2) is 20.5. The molecule has 2 aromatic carbocycles. The molecule has 1 amide bonds. The van der Waals surface area contributed by atoms with Crippen LogP contribution in [0.15, 0.2) is 73.3 Å². The van der Waals surface area contributed by atoms with Gasteiger partial charge in [-0.1, -0.05) is 87.5 Å². The third-order valence-electron chi connectivity index (χ3n) is 9.54. The van der Waals surface area contributed by atoms with Crippen LogP contribution in [0, 0.1) is 0 Å². The standard InChI is InChI=1S/C41H55NO15Si/c1-10-21-49-39-33(42-24(2)43)36(57-40-38(54-28(6)47)37(53-27(5)46)35(52-26(4)45)32(56-40)22-50-25(3)44)34(48)31(55-39)23-51-58(41(7,8)9,29-17-13-11-14-18-29)30-19-15-12-16-20-30/h10-20,31-40,48H,1,21-23H2,2-9H3,(H,42,43)/t31-,32-,33-,34-,35+,36-,37+,38-,39-,40+/m1/s1. The lowest BCUT2D eigenvalue weighted by Gasteiger charge is -2.49. The normalized spacial score (nSPS) is 27.4. The van der Waals surface area contributed by atoms with Gasteiger partial charge < -0.3 is 52.7 Å². The van der Waals surface area contributed by atoms with Gasteiger partial charge in [-0.05, 0) is 15.4 Å². The lowest BCUT2D eigenvalue weighted by Crippen LogP contribution is -2.70. The predicted octanol–water partition coefficient (Wildman–Crippen LogP) is 1.82. The number of carbonyl (C=O) groups excluding carboxylic acids is 5. The molecule has 0 spiro atoms. The van der Waals surface area contributed by atoms with Crippen molar-refractivity contribution in [2.24, 2.45) is 0 Å². The molecule has 4 rings (SSSR count). The summed E-state index contributed by atoms with van der Waals surface area (Å²) in [4.78, 5) is 62.0. The number of rotatable bonds is 16. The molecule has 0 bridgehead atoms. The van der Waals surface area contributed by atoms with Crippen LogP contribution in [-0.2, 0) is 66.3 Å². The fourth-order valence-electron chi connectivity index (χ4n) is 7.33. The Bertz CT molecular complexity index is 1680. The largest absolute Gasteiger partial charge is 0.463 e. The molecule has 2 aliphatic heterocycles. The summed E-state index contributed by atoms with van der Waals surface area (Å²) in [5, 5.41) is 16.5. The third-order valence-corrected chi connectivity index (χ3v) is 14.5. The summed E-state index contributed by atoms with van der Waals surface area (Å²) in [5.74, 6) is -3.74. The second-order valence-electron chi connectivity index (χ2n) is 15.0. The minimum atomic E-state index is -3.19. The Morgan fingerprint density at radius 1 is 0.724 bits per heavy atom. The summed E-state index contributed by atoms with van der Waals surface area (Å²) in [7, 11) is -3.19. The molecular weight excluding hydrogens is 775 g/mol. The van der Waals surface area contributed by atoms with Gasteiger partial charge >= 0.3 is 23.9 Å². The molecule has 318 valence electrons. The summed E-state index contributed by atoms with van der Waals surface area (Å²) in [5.41, 5.74) is 0. The lowest BCUT2D eigenvalue weighted by molar-refractivity contribution is -0.345. The van der Waals surface area contributed by atoms with Gasteiger partial charge in [0.1, 0.15) is 37.1 Å². The highest BCUT2D eigenvalue weighted by Gasteiger charge is 2.57. The number of aliphatic hydroxyl groups excluding tert-OH is 1. The van der Waals surface area contributed by atoms with Crippen LogP contribution in [0.1, 0.15) is 55.4 Å². The third kappa shape index (κ3) is 11.4. The Morgan fingerprint density at radius 3 is 1.72 bits per heavy atom. The summed E-state index contributed by atoms with van der Waals surface area (Å²) in [6.07, 6.45) is -11.7. The maximum Gasteiger partial charge on any atom is 0.303 e. The van der Waals surface area contributed by atoms with Crippen LogP contribution >= 0.6 is 0 Å². The Hall–Kier alpha value is -4.49. The molecule has 58 heavy (non-hydrogen) atoms. The Balaban J connectivity index is 1.82. The first-order chi connectivity index (χ1) is 27.4. The van der Waals surface area contributed by atoms with Gasteiger partial charge in [0.05, 0.1) is 13.2 Å². The van der Waals surface area contributed by atoms with Gasteiger partial charge in [-0.15, -0.1) is 6.58 Å². The van der Waals surface area contributed by atoms with Crippen LogP contribution in [-0.4, -0.2) is 124 Å². The Labute approximate surface area is 339 Å². The number of hydrogen-bond acceptors (Lipinski definition) is 15. The highest BCUT2D eigenvalue weighted by molar-refractivity contribution is 6.99. The summed E-state index contributed by atoms with van der Waals surface area (Å²) >= 11 is 0. The number of benzene rings is 2. The molecule has 2 saturated heterocycles. The van der Waals surface area contributed by atoms with Crippen molar-refractivity contribution in [1.82, 2.24) is 5.32 Å². The van der Waals surface area contributed by atoms with E-state index in [1.165, 1.54) is 13.0 Å². The van der Waals surface area contributed by atoms with Crippen LogP contribution in [0.4, 0.5) is 0 Å². The SMILES string of the molecule is C=CCO[C@@H]1O[C@H](CO[Si](c2ccccc2)(c2ccccc2)C(C)(C)C)[C@@H](O)[C@H](O[C@@H]2O[C@H](COC(C)=O)[C@H](OC(C)=O)[C@H](OC(C)=O)[C@H]2OC(C)=O)[C@H]1NC(C)=O. The average molecular weight is 830 g/mol. The number of ether oxygens (including phenoxy) is 8. The van der Waals surface area contributed by atoms with Gasteiger partial charge in [0.15, 0.2) is 30.9 Å². The van der Waals surface area contributed by atoms with E-state index in [0.717, 1.165) is 38.1 Å². The molecule has 0 radical (unpaired) electrons. The van der Waals surface area contributed by atoms with Crippen molar-refractivity contribution in [2.75, 3.05) is 19.8 Å². The highest BCUT2D eigenvalue weighted by Crippen LogP contribution is 2.38. The first-order valence-electron chi connectivity index (χ1n) is 18.9. The fourth-order valence-corrected chi connectivity index (χ4v) is 11.9. The summed E-state index contributed by atoms with van der Waals surface area (Å²) in [6, 6.07) is 18.4. The number of aliphatic hydroxyl groups is 1. The first-order valence-corrected chi connectivity index (χ1v) is 20.8. The van der Waals surface area contributed by atoms with E-state index in [0.29, 0.717) is 0 Å². The van der Waals surface area contributed by atoms with E-state index < -0.39 is 111 Å². The van der Waals surface area contributed by atoms with E-state index in [1.807, 2.05) is 60.7 Å². The maximum absolute atomic E-state index is 12.7. The Morgan fingerprint density at radius 2 is 1.24 bits per heavy atom. The predicted molar refractivity (Wildman–Crippen MR) is 209 cm³/mol. The smallest absolute Gasteiger partial charge is 0.303 e. The number of amides is 1. The van der Waals surface area contributed by atoms with Crippen molar-refractivity contribution in [2.45, 2.75) is 122 Å². The zero-order chi connectivity index (χ0) is 42.8. The molecule has 0 aliphatic carbocycles. The van der Waals surface area contributed by atoms with Gasteiger partial charge in [0, 0.05) is 34.6 Å². The number of hydrogen-bond donors (Lipinski definition) is 2. The minimum absolute atomic E-state index is 0.0368. The first kappa shape index (κ1) is 46.2. The van der Waals surface area contributed by atoms with E-state index in [2.05, 4.69) is 32.7 Å². The zero-order valence-electron chi connectivity index (χ0n) is 34.1. The molecule has 2 aliphatic rings. The van der Waals surface area contributed by atoms with E-state index >= 15 is 0 Å². The number of esters is 4.